The number of hydrogen-bond acceptors (Lipinski definition) is 2. The van der Waals surface area contributed by atoms with E-state index in [1.54, 1.807) is 17.0 Å². The van der Waals surface area contributed by atoms with Gasteiger partial charge in [0, 0.05) is 16.7 Å². The number of nitrogens with zero attached hydrogens (tertiary/aromatic N) is 1. The lowest BCUT2D eigenvalue weighted by Crippen LogP contribution is -2.33. The highest BCUT2D eigenvalue weighted by atomic mass is 79.9. The molecule has 1 saturated carbocycles. The summed E-state index contributed by atoms with van der Waals surface area (Å²) in [5.74, 6) is 3.06. The van der Waals surface area contributed by atoms with Crippen LogP contribution in [-0.2, 0) is 0 Å². The Hall–Kier alpha value is -1.47. The van der Waals surface area contributed by atoms with Gasteiger partial charge in [-0.3, -0.25) is 4.79 Å². The highest BCUT2D eigenvalue weighted by Crippen LogP contribution is 2.30. The van der Waals surface area contributed by atoms with E-state index in [9.17, 15) is 4.79 Å². The Balaban J connectivity index is 2.20. The van der Waals surface area contributed by atoms with Crippen molar-refractivity contribution in [3.05, 3.63) is 28.2 Å². The van der Waals surface area contributed by atoms with Gasteiger partial charge in [-0.1, -0.05) is 21.9 Å². The number of benzene rings is 1. The molecule has 2 N–H and O–H groups in total. The number of terminal acetylenes is 1. The minimum atomic E-state index is -0.0846. The van der Waals surface area contributed by atoms with Gasteiger partial charge < -0.3 is 10.6 Å². The van der Waals surface area contributed by atoms with Gasteiger partial charge in [0.1, 0.15) is 0 Å². The molecule has 0 radical (unpaired) electrons. The molecule has 1 amide bonds. The van der Waals surface area contributed by atoms with Crippen molar-refractivity contribution < 1.29 is 4.79 Å². The zero-order valence-electron chi connectivity index (χ0n) is 10.0. The van der Waals surface area contributed by atoms with E-state index in [1.807, 2.05) is 6.07 Å². The third kappa shape index (κ3) is 3.05. The van der Waals surface area contributed by atoms with Crippen LogP contribution in [0.2, 0.25) is 0 Å². The standard InChI is InChI=1S/C14H15BrN2O/c1-2-7-17(9-10-3-4-10)14(18)12-8-11(15)5-6-13(12)16/h1,5-6,8,10H,3-4,7,9,16H2. The minimum absolute atomic E-state index is 0.0846. The third-order valence-corrected chi connectivity index (χ3v) is 3.48. The summed E-state index contributed by atoms with van der Waals surface area (Å²) < 4.78 is 0.840. The van der Waals surface area contributed by atoms with Gasteiger partial charge in [-0.25, -0.2) is 0 Å². The molecule has 3 nitrogen and oxygen atoms in total. The maximum atomic E-state index is 12.4. The van der Waals surface area contributed by atoms with E-state index in [4.69, 9.17) is 12.2 Å². The summed E-state index contributed by atoms with van der Waals surface area (Å²) in [4.78, 5) is 14.1. The number of carbonyl (C=O) groups excluding carboxylic acids is 1. The second kappa shape index (κ2) is 5.45. The second-order valence-electron chi connectivity index (χ2n) is 4.56. The summed E-state index contributed by atoms with van der Waals surface area (Å²) in [6.07, 6.45) is 7.69. The van der Waals surface area contributed by atoms with E-state index < -0.39 is 0 Å². The van der Waals surface area contributed by atoms with Gasteiger partial charge in [0.2, 0.25) is 0 Å². The normalized spacial score (nSPS) is 14.0. The molecule has 1 fully saturated rings. The summed E-state index contributed by atoms with van der Waals surface area (Å²) >= 11 is 3.35. The quantitative estimate of drug-likeness (QED) is 0.686. The largest absolute Gasteiger partial charge is 0.398 e. The van der Waals surface area contributed by atoms with Crippen LogP contribution in [0.3, 0.4) is 0 Å². The van der Waals surface area contributed by atoms with Crippen LogP contribution in [0.25, 0.3) is 0 Å². The van der Waals surface area contributed by atoms with Gasteiger partial charge in [-0.05, 0) is 37.0 Å². The monoisotopic (exact) mass is 306 g/mol. The molecular weight excluding hydrogens is 292 g/mol. The van der Waals surface area contributed by atoms with Crippen LogP contribution in [-0.4, -0.2) is 23.9 Å². The first-order chi connectivity index (χ1) is 8.61. The van der Waals surface area contributed by atoms with Crippen molar-refractivity contribution >= 4 is 27.5 Å². The lowest BCUT2D eigenvalue weighted by molar-refractivity contribution is 0.0771. The van der Waals surface area contributed by atoms with Crippen molar-refractivity contribution in [2.45, 2.75) is 12.8 Å². The van der Waals surface area contributed by atoms with Gasteiger partial charge >= 0.3 is 0 Å². The van der Waals surface area contributed by atoms with E-state index >= 15 is 0 Å². The van der Waals surface area contributed by atoms with E-state index in [1.165, 1.54) is 12.8 Å². The Morgan fingerprint density at radius 3 is 2.89 bits per heavy atom. The number of amides is 1. The Bertz CT molecular complexity index is 503. The van der Waals surface area contributed by atoms with Gasteiger partial charge in [0.25, 0.3) is 5.91 Å². The van der Waals surface area contributed by atoms with Crippen LogP contribution in [0.1, 0.15) is 23.2 Å². The van der Waals surface area contributed by atoms with Crippen LogP contribution < -0.4 is 5.73 Å². The Kier molecular flexibility index (Phi) is 3.93. The average molecular weight is 307 g/mol. The van der Waals surface area contributed by atoms with E-state index in [0.717, 1.165) is 11.0 Å². The van der Waals surface area contributed by atoms with Crippen LogP contribution in [0.5, 0.6) is 0 Å². The predicted molar refractivity (Wildman–Crippen MR) is 76.0 cm³/mol. The first-order valence-corrected chi connectivity index (χ1v) is 6.69. The topological polar surface area (TPSA) is 46.3 Å². The van der Waals surface area contributed by atoms with Crippen molar-refractivity contribution in [3.63, 3.8) is 0 Å². The van der Waals surface area contributed by atoms with Crippen molar-refractivity contribution in [2.24, 2.45) is 5.92 Å². The molecule has 0 unspecified atom stereocenters. The lowest BCUT2D eigenvalue weighted by atomic mass is 10.1. The summed E-state index contributed by atoms with van der Waals surface area (Å²) in [6, 6.07) is 5.29. The van der Waals surface area contributed by atoms with E-state index in [2.05, 4.69) is 21.9 Å². The molecule has 4 heteroatoms. The average Bonchev–Trinajstić information content (AvgIpc) is 3.15. The van der Waals surface area contributed by atoms with Gasteiger partial charge in [-0.2, -0.15) is 0 Å². The third-order valence-electron chi connectivity index (χ3n) is 2.99. The van der Waals surface area contributed by atoms with Crippen LogP contribution in [0.4, 0.5) is 5.69 Å². The van der Waals surface area contributed by atoms with Crippen LogP contribution >= 0.6 is 15.9 Å². The summed E-state index contributed by atoms with van der Waals surface area (Å²) in [5, 5.41) is 0. The number of nitrogen functional groups attached to an aromatic ring is 1. The molecule has 0 aromatic heterocycles. The highest BCUT2D eigenvalue weighted by Gasteiger charge is 2.27. The van der Waals surface area contributed by atoms with Crippen molar-refractivity contribution in [1.82, 2.24) is 4.90 Å². The molecule has 0 saturated heterocycles. The van der Waals surface area contributed by atoms with Crippen LogP contribution in [0.15, 0.2) is 22.7 Å². The molecule has 1 aliphatic carbocycles. The van der Waals surface area contributed by atoms with Crippen molar-refractivity contribution in [3.8, 4) is 12.3 Å². The fraction of sp³-hybridized carbons (Fsp3) is 0.357. The molecule has 0 bridgehead atoms. The molecule has 0 aliphatic heterocycles. The minimum Gasteiger partial charge on any atom is -0.398 e. The number of rotatable bonds is 4. The van der Waals surface area contributed by atoms with Gasteiger partial charge in [-0.15, -0.1) is 6.42 Å². The molecule has 18 heavy (non-hydrogen) atoms. The molecule has 1 aromatic rings. The maximum Gasteiger partial charge on any atom is 0.256 e. The molecule has 0 heterocycles. The van der Waals surface area contributed by atoms with Crippen molar-refractivity contribution in [2.75, 3.05) is 18.8 Å². The summed E-state index contributed by atoms with van der Waals surface area (Å²) in [5.41, 5.74) is 6.85. The summed E-state index contributed by atoms with van der Waals surface area (Å²) in [6.45, 7) is 1.07. The smallest absolute Gasteiger partial charge is 0.256 e. The molecule has 2 rings (SSSR count). The van der Waals surface area contributed by atoms with Gasteiger partial charge in [0.15, 0.2) is 0 Å². The lowest BCUT2D eigenvalue weighted by Gasteiger charge is -2.21. The molecule has 1 aromatic carbocycles. The zero-order valence-corrected chi connectivity index (χ0v) is 11.6. The van der Waals surface area contributed by atoms with Crippen LogP contribution in [0, 0.1) is 18.3 Å². The van der Waals surface area contributed by atoms with E-state index in [-0.39, 0.29) is 5.91 Å². The fourth-order valence-electron chi connectivity index (χ4n) is 1.83. The number of halogens is 1. The Morgan fingerprint density at radius 2 is 2.28 bits per heavy atom. The maximum absolute atomic E-state index is 12.4. The molecule has 0 spiro atoms. The van der Waals surface area contributed by atoms with Crippen molar-refractivity contribution in [1.29, 1.82) is 0 Å². The number of hydrogen-bond donors (Lipinski definition) is 1. The number of anilines is 1. The predicted octanol–water partition coefficient (Wildman–Crippen LogP) is 2.52. The molecule has 94 valence electrons. The molecule has 1 aliphatic rings. The zero-order chi connectivity index (χ0) is 13.1. The molecular formula is C14H15BrN2O. The molecule has 0 atom stereocenters. The number of carbonyl (C=O) groups is 1. The SMILES string of the molecule is C#CCN(CC1CC1)C(=O)c1cc(Br)ccc1N. The first-order valence-electron chi connectivity index (χ1n) is 5.89. The Morgan fingerprint density at radius 1 is 1.56 bits per heavy atom. The number of nitrogens with two attached hydrogens (primary N) is 1. The highest BCUT2D eigenvalue weighted by molar-refractivity contribution is 9.10. The van der Waals surface area contributed by atoms with E-state index in [0.29, 0.717) is 23.7 Å². The summed E-state index contributed by atoms with van der Waals surface area (Å²) in [7, 11) is 0. The van der Waals surface area contributed by atoms with Gasteiger partial charge in [0.05, 0.1) is 12.1 Å². The fourth-order valence-corrected chi connectivity index (χ4v) is 2.19. The Labute approximate surface area is 115 Å². The second-order valence-corrected chi connectivity index (χ2v) is 5.48. The first kappa shape index (κ1) is 13.0.